The first-order valence-corrected chi connectivity index (χ1v) is 22.4. The second-order valence-corrected chi connectivity index (χ2v) is 17.4. The molecule has 0 bridgehead atoms. The summed E-state index contributed by atoms with van der Waals surface area (Å²) in [5, 5.41) is 36.3. The van der Waals surface area contributed by atoms with Crippen LogP contribution in [0.4, 0.5) is 0 Å². The summed E-state index contributed by atoms with van der Waals surface area (Å²) in [6.45, 7) is 9.52. The summed E-state index contributed by atoms with van der Waals surface area (Å²) in [4.78, 5) is 138. The molecule has 0 spiro atoms. The van der Waals surface area contributed by atoms with Crippen LogP contribution >= 0.6 is 0 Å². The molecule has 0 saturated carbocycles. The Labute approximate surface area is 395 Å². The number of hydrogen-bond donors (Lipinski definition) is 14. The number of carbonyl (C=O) groups is 10. The van der Waals surface area contributed by atoms with Crippen molar-refractivity contribution < 1.29 is 58.2 Å². The Hall–Kier alpha value is -6.80. The Kier molecular flexibility index (Phi) is 25.9. The van der Waals surface area contributed by atoms with Gasteiger partial charge in [0.15, 0.2) is 11.9 Å². The van der Waals surface area contributed by atoms with Gasteiger partial charge in [-0.1, -0.05) is 27.7 Å². The fourth-order valence-corrected chi connectivity index (χ4v) is 6.89. The van der Waals surface area contributed by atoms with Crippen LogP contribution in [0.1, 0.15) is 99.3 Å². The quantitative estimate of drug-likeness (QED) is 0.0182. The van der Waals surface area contributed by atoms with Gasteiger partial charge in [-0.05, 0) is 77.0 Å². The number of carboxylic acids is 2. The number of aliphatic imine (C=N–C) groups is 2. The molecule has 68 heavy (non-hydrogen) atoms. The standard InChI is InChI=1S/C41H73N15O12/c1-20(2)16-26(54-32(60)22(5)50-36(64)27(17-21(3)4)55-33(61)24(42)10-7-13-47-40(43)44)34(62)49-19-30(57)52-28(18-31(58)59)37(65)53-25(11-8-14-48-41(45)46)35(63)51-23(6)38(66)56-15-9-12-29(56)39(67)68/h20-29H,7-19,42H2,1-6H3,(H,49,62)(H,50,64)(H,51,63)(H,52,57)(H,53,65)(H,54,60)(H,55,61)(H,58,59)(H,67,68)(H4,43,44,47)(H4,45,46,48)/t22-,23-,24-,25-,26-,27-,28-,29-/m0/s1. The lowest BCUT2D eigenvalue weighted by atomic mass is 10.0. The number of carboxylic acid groups (broad SMARTS) is 2. The Morgan fingerprint density at radius 2 is 1.09 bits per heavy atom. The van der Waals surface area contributed by atoms with Crippen molar-refractivity contribution in [3.63, 3.8) is 0 Å². The van der Waals surface area contributed by atoms with Crippen LogP contribution in [0, 0.1) is 11.8 Å². The van der Waals surface area contributed by atoms with Gasteiger partial charge in [-0.3, -0.25) is 53.1 Å². The normalized spacial score (nSPS) is 16.3. The number of aliphatic carboxylic acids is 2. The maximum absolute atomic E-state index is 13.5. The van der Waals surface area contributed by atoms with Crippen LogP contribution in [0.15, 0.2) is 9.98 Å². The third-order valence-electron chi connectivity index (χ3n) is 10.3. The molecule has 0 aromatic rings. The number of nitrogens with two attached hydrogens (primary N) is 5. The second kappa shape index (κ2) is 29.8. The zero-order valence-corrected chi connectivity index (χ0v) is 39.7. The molecule has 8 amide bonds. The second-order valence-electron chi connectivity index (χ2n) is 17.4. The molecule has 27 heteroatoms. The Bertz CT molecular complexity index is 1840. The average molecular weight is 968 g/mol. The van der Waals surface area contributed by atoms with E-state index in [1.165, 1.54) is 13.8 Å². The zero-order valence-electron chi connectivity index (χ0n) is 39.7. The third-order valence-corrected chi connectivity index (χ3v) is 10.3. The first kappa shape index (κ1) is 59.2. The summed E-state index contributed by atoms with van der Waals surface area (Å²) in [6.07, 6.45) is 0.612. The van der Waals surface area contributed by atoms with E-state index >= 15 is 0 Å². The highest BCUT2D eigenvalue weighted by atomic mass is 16.4. The number of carbonyl (C=O) groups excluding carboxylic acids is 8. The highest BCUT2D eigenvalue weighted by Crippen LogP contribution is 2.19. The molecule has 1 fully saturated rings. The molecule has 19 N–H and O–H groups in total. The van der Waals surface area contributed by atoms with Crippen molar-refractivity contribution in [2.75, 3.05) is 26.2 Å². The topological polar surface area (TPSA) is 453 Å². The van der Waals surface area contributed by atoms with Gasteiger partial charge in [-0.25, -0.2) is 4.79 Å². The minimum atomic E-state index is -1.78. The number of amides is 8. The maximum atomic E-state index is 13.5. The molecule has 1 saturated heterocycles. The van der Waals surface area contributed by atoms with E-state index in [1.54, 1.807) is 13.8 Å². The molecule has 384 valence electrons. The van der Waals surface area contributed by atoms with Crippen molar-refractivity contribution in [1.29, 1.82) is 0 Å². The highest BCUT2D eigenvalue weighted by Gasteiger charge is 2.37. The monoisotopic (exact) mass is 968 g/mol. The average Bonchev–Trinajstić information content (AvgIpc) is 3.74. The van der Waals surface area contributed by atoms with Gasteiger partial charge in [0.25, 0.3) is 0 Å². The molecule has 0 unspecified atom stereocenters. The van der Waals surface area contributed by atoms with Crippen molar-refractivity contribution in [3.8, 4) is 0 Å². The first-order chi connectivity index (χ1) is 31.7. The largest absolute Gasteiger partial charge is 0.481 e. The summed E-state index contributed by atoms with van der Waals surface area (Å²) in [5.41, 5.74) is 27.4. The van der Waals surface area contributed by atoms with Gasteiger partial charge in [0.2, 0.25) is 47.3 Å². The minimum absolute atomic E-state index is 0.0183. The number of guanidine groups is 2. The molecule has 0 aromatic carbocycles. The van der Waals surface area contributed by atoms with Crippen molar-refractivity contribution in [1.82, 2.24) is 42.1 Å². The smallest absolute Gasteiger partial charge is 0.326 e. The SMILES string of the molecule is CC(C)C[C@H](NC(=O)[C@H](C)NC(=O)[C@H](CC(C)C)NC(=O)[C@@H](N)CCCN=C(N)N)C(=O)NCC(=O)N[C@@H](CC(=O)O)C(=O)N[C@@H](CCCN=C(N)N)C(=O)N[C@@H](C)C(=O)N1CCC[C@H]1C(=O)O. The van der Waals surface area contributed by atoms with Gasteiger partial charge < -0.3 is 81.0 Å². The number of nitrogens with one attached hydrogen (secondary N) is 7. The summed E-state index contributed by atoms with van der Waals surface area (Å²) < 4.78 is 0. The van der Waals surface area contributed by atoms with E-state index < -0.39 is 120 Å². The number of likely N-dealkylation sites (tertiary alicyclic amines) is 1. The van der Waals surface area contributed by atoms with Crippen LogP contribution in [-0.4, -0.2) is 161 Å². The molecule has 0 radical (unpaired) electrons. The minimum Gasteiger partial charge on any atom is -0.481 e. The van der Waals surface area contributed by atoms with Crippen LogP contribution in [0.5, 0.6) is 0 Å². The van der Waals surface area contributed by atoms with E-state index in [4.69, 9.17) is 28.7 Å². The van der Waals surface area contributed by atoms with E-state index in [0.717, 1.165) is 4.90 Å². The fourth-order valence-electron chi connectivity index (χ4n) is 6.89. The molecular weight excluding hydrogens is 895 g/mol. The van der Waals surface area contributed by atoms with Gasteiger partial charge >= 0.3 is 11.9 Å². The predicted octanol–water partition coefficient (Wildman–Crippen LogP) is -4.87. The van der Waals surface area contributed by atoms with Gasteiger partial charge in [-0.2, -0.15) is 0 Å². The molecule has 0 aromatic heterocycles. The lowest BCUT2D eigenvalue weighted by molar-refractivity contribution is -0.149. The summed E-state index contributed by atoms with van der Waals surface area (Å²) in [7, 11) is 0. The number of hydrogen-bond acceptors (Lipinski definition) is 13. The van der Waals surface area contributed by atoms with E-state index in [-0.39, 0.29) is 81.9 Å². The maximum Gasteiger partial charge on any atom is 0.326 e. The van der Waals surface area contributed by atoms with Crippen LogP contribution in [-0.2, 0) is 47.9 Å². The molecule has 1 aliphatic heterocycles. The summed E-state index contributed by atoms with van der Waals surface area (Å²) in [6, 6.07) is -9.97. The van der Waals surface area contributed by atoms with Gasteiger partial charge in [0.1, 0.15) is 42.3 Å². The molecule has 27 nitrogen and oxygen atoms in total. The van der Waals surface area contributed by atoms with Crippen molar-refractivity contribution >= 4 is 71.1 Å². The third kappa shape index (κ3) is 22.6. The lowest BCUT2D eigenvalue weighted by Crippen LogP contribution is -2.58. The zero-order chi connectivity index (χ0) is 51.8. The van der Waals surface area contributed by atoms with E-state index in [9.17, 15) is 58.2 Å². The van der Waals surface area contributed by atoms with E-state index in [0.29, 0.717) is 12.8 Å². The van der Waals surface area contributed by atoms with Gasteiger partial charge in [-0.15, -0.1) is 0 Å². The molecule has 1 heterocycles. The molecule has 8 atom stereocenters. The molecule has 0 aliphatic carbocycles. The first-order valence-electron chi connectivity index (χ1n) is 22.4. The van der Waals surface area contributed by atoms with Crippen molar-refractivity contribution in [2.45, 2.75) is 148 Å². The predicted molar refractivity (Wildman–Crippen MR) is 247 cm³/mol. The highest BCUT2D eigenvalue weighted by molar-refractivity contribution is 5.98. The molecular formula is C41H73N15O12. The number of rotatable bonds is 30. The molecule has 1 rings (SSSR count). The fraction of sp³-hybridized carbons (Fsp3) is 0.707. The lowest BCUT2D eigenvalue weighted by Gasteiger charge is -2.27. The summed E-state index contributed by atoms with van der Waals surface area (Å²) in [5.74, 6) is -9.86. The van der Waals surface area contributed by atoms with Crippen molar-refractivity contribution in [2.24, 2.45) is 50.5 Å². The Morgan fingerprint density at radius 1 is 0.603 bits per heavy atom. The number of nitrogens with zero attached hydrogens (tertiary/aromatic N) is 3. The van der Waals surface area contributed by atoms with Crippen LogP contribution in [0.3, 0.4) is 0 Å². The van der Waals surface area contributed by atoms with Gasteiger partial charge in [0.05, 0.1) is 19.0 Å². The van der Waals surface area contributed by atoms with Crippen molar-refractivity contribution in [3.05, 3.63) is 0 Å². The summed E-state index contributed by atoms with van der Waals surface area (Å²) >= 11 is 0. The Balaban J connectivity index is 3.05. The Morgan fingerprint density at radius 3 is 1.62 bits per heavy atom. The van der Waals surface area contributed by atoms with E-state index in [1.807, 2.05) is 13.8 Å². The molecule has 1 aliphatic rings. The van der Waals surface area contributed by atoms with Crippen LogP contribution in [0.2, 0.25) is 0 Å². The van der Waals surface area contributed by atoms with Crippen LogP contribution in [0.25, 0.3) is 0 Å². The van der Waals surface area contributed by atoms with Crippen LogP contribution < -0.4 is 65.9 Å². The van der Waals surface area contributed by atoms with E-state index in [2.05, 4.69) is 47.2 Å². The van der Waals surface area contributed by atoms with Gasteiger partial charge in [0, 0.05) is 19.6 Å².